The molecule has 0 saturated heterocycles. The van der Waals surface area contributed by atoms with Gasteiger partial charge < -0.3 is 11.1 Å². The molecule has 0 atom stereocenters. The van der Waals surface area contributed by atoms with Crippen LogP contribution >= 0.6 is 11.3 Å². The number of thiazole rings is 1. The van der Waals surface area contributed by atoms with Crippen molar-refractivity contribution in [1.82, 2.24) is 20.1 Å². The molecular formula is C12H17N5OS. The van der Waals surface area contributed by atoms with Crippen molar-refractivity contribution in [1.29, 1.82) is 0 Å². The second-order valence-electron chi connectivity index (χ2n) is 4.12. The van der Waals surface area contributed by atoms with Crippen LogP contribution in [0.15, 0.2) is 17.6 Å². The fourth-order valence-electron chi connectivity index (χ4n) is 1.69. The minimum absolute atomic E-state index is 0.137. The van der Waals surface area contributed by atoms with Crippen LogP contribution in [0.5, 0.6) is 0 Å². The molecule has 2 heterocycles. The number of carbonyl (C=O) groups is 1. The molecule has 1 amide bonds. The number of hydrogen-bond donors (Lipinski definition) is 2. The molecule has 7 heteroatoms. The third-order valence-corrected chi connectivity index (χ3v) is 3.64. The summed E-state index contributed by atoms with van der Waals surface area (Å²) >= 11 is 1.47. The van der Waals surface area contributed by atoms with Gasteiger partial charge in [-0.25, -0.2) is 4.98 Å². The summed E-state index contributed by atoms with van der Waals surface area (Å²) in [6, 6.07) is 1.94. The van der Waals surface area contributed by atoms with Crippen LogP contribution in [-0.2, 0) is 19.9 Å². The zero-order valence-corrected chi connectivity index (χ0v) is 11.6. The highest BCUT2D eigenvalue weighted by molar-refractivity contribution is 7.09. The number of nitrogens with two attached hydrogens (primary N) is 1. The monoisotopic (exact) mass is 279 g/mol. The summed E-state index contributed by atoms with van der Waals surface area (Å²) < 4.78 is 1.80. The van der Waals surface area contributed by atoms with Crippen molar-refractivity contribution in [2.75, 3.05) is 13.1 Å². The summed E-state index contributed by atoms with van der Waals surface area (Å²) in [7, 11) is 1.89. The summed E-state index contributed by atoms with van der Waals surface area (Å²) in [5.41, 5.74) is 7.01. The molecule has 6 nitrogen and oxygen atoms in total. The predicted octanol–water partition coefficient (Wildman–Crippen LogP) is 0.350. The molecule has 3 N–H and O–H groups in total. The smallest absolute Gasteiger partial charge is 0.270 e. The van der Waals surface area contributed by atoms with E-state index in [0.29, 0.717) is 25.2 Å². The first-order chi connectivity index (χ1) is 9.20. The summed E-state index contributed by atoms with van der Waals surface area (Å²) in [5, 5.41) is 9.60. The molecule has 0 aliphatic rings. The molecule has 0 radical (unpaired) electrons. The molecule has 0 fully saturated rings. The predicted molar refractivity (Wildman–Crippen MR) is 74.1 cm³/mol. The van der Waals surface area contributed by atoms with E-state index in [4.69, 9.17) is 5.73 Å². The molecule has 0 aliphatic carbocycles. The Kier molecular flexibility index (Phi) is 4.64. The van der Waals surface area contributed by atoms with E-state index in [2.05, 4.69) is 15.4 Å². The van der Waals surface area contributed by atoms with Gasteiger partial charge in [0.1, 0.15) is 5.69 Å². The number of aromatic nitrogens is 3. The van der Waals surface area contributed by atoms with E-state index < -0.39 is 0 Å². The van der Waals surface area contributed by atoms with Crippen molar-refractivity contribution >= 4 is 17.2 Å². The van der Waals surface area contributed by atoms with Gasteiger partial charge in [0.2, 0.25) is 0 Å². The van der Waals surface area contributed by atoms with E-state index in [0.717, 1.165) is 17.1 Å². The molecule has 0 spiro atoms. The lowest BCUT2D eigenvalue weighted by Crippen LogP contribution is -2.26. The summed E-state index contributed by atoms with van der Waals surface area (Å²) in [6.45, 7) is 1.12. The quantitative estimate of drug-likeness (QED) is 0.799. The van der Waals surface area contributed by atoms with Crippen molar-refractivity contribution < 1.29 is 4.79 Å². The minimum atomic E-state index is -0.137. The van der Waals surface area contributed by atoms with Gasteiger partial charge >= 0.3 is 0 Å². The number of aryl methyl sites for hydroxylation is 1. The molecule has 0 aromatic carbocycles. The third kappa shape index (κ3) is 3.62. The highest BCUT2D eigenvalue weighted by Crippen LogP contribution is 2.09. The SMILES string of the molecule is Cn1nccc1CCNC(=O)c1csc(CCN)n1. The van der Waals surface area contributed by atoms with Gasteiger partial charge in [-0.05, 0) is 12.6 Å². The maximum atomic E-state index is 11.9. The van der Waals surface area contributed by atoms with Crippen LogP contribution in [0.2, 0.25) is 0 Å². The van der Waals surface area contributed by atoms with Crippen LogP contribution in [0.25, 0.3) is 0 Å². The fourth-order valence-corrected chi connectivity index (χ4v) is 2.49. The second kappa shape index (κ2) is 6.44. The highest BCUT2D eigenvalue weighted by atomic mass is 32.1. The second-order valence-corrected chi connectivity index (χ2v) is 5.06. The van der Waals surface area contributed by atoms with E-state index in [1.165, 1.54) is 11.3 Å². The number of carbonyl (C=O) groups excluding carboxylic acids is 1. The first-order valence-electron chi connectivity index (χ1n) is 6.10. The van der Waals surface area contributed by atoms with Crippen LogP contribution in [0.1, 0.15) is 21.2 Å². The van der Waals surface area contributed by atoms with Gasteiger partial charge in [0.15, 0.2) is 0 Å². The lowest BCUT2D eigenvalue weighted by Gasteiger charge is -2.03. The van der Waals surface area contributed by atoms with Gasteiger partial charge in [-0.15, -0.1) is 11.3 Å². The van der Waals surface area contributed by atoms with Gasteiger partial charge in [-0.2, -0.15) is 5.10 Å². The summed E-state index contributed by atoms with van der Waals surface area (Å²) in [6.07, 6.45) is 3.21. The van der Waals surface area contributed by atoms with Crippen molar-refractivity contribution in [2.45, 2.75) is 12.8 Å². The number of nitrogens with zero attached hydrogens (tertiary/aromatic N) is 3. The molecule has 0 saturated carbocycles. The molecular weight excluding hydrogens is 262 g/mol. The molecule has 2 rings (SSSR count). The number of amides is 1. The largest absolute Gasteiger partial charge is 0.350 e. The number of hydrogen-bond acceptors (Lipinski definition) is 5. The van der Waals surface area contributed by atoms with E-state index >= 15 is 0 Å². The van der Waals surface area contributed by atoms with E-state index in [-0.39, 0.29) is 5.91 Å². The van der Waals surface area contributed by atoms with Crippen molar-refractivity contribution in [3.8, 4) is 0 Å². The van der Waals surface area contributed by atoms with Crippen LogP contribution in [-0.4, -0.2) is 33.8 Å². The van der Waals surface area contributed by atoms with Crippen LogP contribution in [0.4, 0.5) is 0 Å². The molecule has 19 heavy (non-hydrogen) atoms. The Hall–Kier alpha value is -1.73. The first-order valence-corrected chi connectivity index (χ1v) is 6.98. The van der Waals surface area contributed by atoms with Crippen molar-refractivity contribution in [2.24, 2.45) is 12.8 Å². The van der Waals surface area contributed by atoms with Gasteiger partial charge in [0.25, 0.3) is 5.91 Å². The molecule has 2 aromatic rings. The zero-order valence-electron chi connectivity index (χ0n) is 10.8. The average Bonchev–Trinajstić information content (AvgIpc) is 3.00. The molecule has 2 aromatic heterocycles. The Morgan fingerprint density at radius 2 is 2.37 bits per heavy atom. The topological polar surface area (TPSA) is 85.8 Å². The van der Waals surface area contributed by atoms with E-state index in [1.807, 2.05) is 13.1 Å². The van der Waals surface area contributed by atoms with Crippen molar-refractivity contribution in [3.63, 3.8) is 0 Å². The molecule has 0 aliphatic heterocycles. The molecule has 0 unspecified atom stereocenters. The lowest BCUT2D eigenvalue weighted by atomic mass is 10.3. The summed E-state index contributed by atoms with van der Waals surface area (Å²) in [4.78, 5) is 16.1. The van der Waals surface area contributed by atoms with Gasteiger partial charge in [0, 0.05) is 43.7 Å². The summed E-state index contributed by atoms with van der Waals surface area (Å²) in [5.74, 6) is -0.137. The third-order valence-electron chi connectivity index (χ3n) is 2.73. The number of rotatable bonds is 6. The molecule has 102 valence electrons. The Morgan fingerprint density at radius 1 is 1.53 bits per heavy atom. The Bertz CT molecular complexity index is 548. The van der Waals surface area contributed by atoms with E-state index in [9.17, 15) is 4.79 Å². The van der Waals surface area contributed by atoms with Gasteiger partial charge in [-0.3, -0.25) is 9.48 Å². The fraction of sp³-hybridized carbons (Fsp3) is 0.417. The Labute approximate surface area is 115 Å². The first kappa shape index (κ1) is 13.7. The van der Waals surface area contributed by atoms with Crippen LogP contribution in [0.3, 0.4) is 0 Å². The Morgan fingerprint density at radius 3 is 3.05 bits per heavy atom. The number of nitrogens with one attached hydrogen (secondary N) is 1. The standard InChI is InChI=1S/C12H17N5OS/c1-17-9(4-7-15-17)3-6-14-12(18)10-8-19-11(16-10)2-5-13/h4,7-8H,2-3,5-6,13H2,1H3,(H,14,18). The molecule has 0 bridgehead atoms. The average molecular weight is 279 g/mol. The maximum Gasteiger partial charge on any atom is 0.270 e. The zero-order chi connectivity index (χ0) is 13.7. The van der Waals surface area contributed by atoms with Crippen LogP contribution in [0, 0.1) is 0 Å². The highest BCUT2D eigenvalue weighted by Gasteiger charge is 2.10. The maximum absolute atomic E-state index is 11.9. The van der Waals surface area contributed by atoms with E-state index in [1.54, 1.807) is 16.3 Å². The van der Waals surface area contributed by atoms with Crippen LogP contribution < -0.4 is 11.1 Å². The lowest BCUT2D eigenvalue weighted by molar-refractivity contribution is 0.0949. The normalized spacial score (nSPS) is 10.6. The van der Waals surface area contributed by atoms with Gasteiger partial charge in [-0.1, -0.05) is 0 Å². The minimum Gasteiger partial charge on any atom is -0.350 e. The van der Waals surface area contributed by atoms with Gasteiger partial charge in [0.05, 0.1) is 5.01 Å². The Balaban J connectivity index is 1.82. The van der Waals surface area contributed by atoms with Crippen molar-refractivity contribution in [3.05, 3.63) is 34.0 Å².